The molecule has 2 aromatic rings. The molecule has 1 aliphatic rings. The minimum absolute atomic E-state index is 0. The zero-order valence-corrected chi connectivity index (χ0v) is 21.0. The average molecular weight is 529 g/mol. The maximum Gasteiger partial charge on any atom is 0.573 e. The largest absolute Gasteiger partial charge is 0.573 e. The molecule has 1 aliphatic heterocycles. The molecule has 0 radical (unpaired) electrons. The number of rotatable bonds is 7. The summed E-state index contributed by atoms with van der Waals surface area (Å²) in [6.45, 7) is 5.72. The third kappa shape index (κ3) is 7.34. The Hall–Kier alpha value is -3.31. The van der Waals surface area contributed by atoms with Gasteiger partial charge < -0.3 is 19.7 Å². The van der Waals surface area contributed by atoms with Crippen LogP contribution < -0.4 is 20.1 Å². The van der Waals surface area contributed by atoms with Crippen LogP contribution in [0.5, 0.6) is 11.5 Å². The maximum atomic E-state index is 12.7. The summed E-state index contributed by atoms with van der Waals surface area (Å²) in [5, 5.41) is 5.93. The van der Waals surface area contributed by atoms with E-state index in [1.807, 2.05) is 6.07 Å². The summed E-state index contributed by atoms with van der Waals surface area (Å²) in [5.74, 6) is -0.647. The first kappa shape index (κ1) is 28.9. The molecule has 2 heterocycles. The monoisotopic (exact) mass is 528 g/mol. The van der Waals surface area contributed by atoms with Gasteiger partial charge in [-0.2, -0.15) is 0 Å². The zero-order chi connectivity index (χ0) is 25.8. The maximum absolute atomic E-state index is 12.7. The third-order valence-corrected chi connectivity index (χ3v) is 5.29. The molecule has 3 rings (SSSR count). The lowest BCUT2D eigenvalue weighted by molar-refractivity contribution is -0.275. The van der Waals surface area contributed by atoms with Crippen molar-refractivity contribution in [3.63, 3.8) is 0 Å². The highest BCUT2D eigenvalue weighted by atomic mass is 35.5. The summed E-state index contributed by atoms with van der Waals surface area (Å²) in [6, 6.07) is 5.95. The number of aromatic nitrogens is 1. The lowest BCUT2D eigenvalue weighted by Crippen LogP contribution is -2.47. The van der Waals surface area contributed by atoms with Crippen molar-refractivity contribution in [1.82, 2.24) is 15.2 Å². The summed E-state index contributed by atoms with van der Waals surface area (Å²) >= 11 is 0. The van der Waals surface area contributed by atoms with Crippen LogP contribution in [0.25, 0.3) is 6.08 Å². The second-order valence-corrected chi connectivity index (χ2v) is 8.46. The molecule has 0 atom stereocenters. The molecule has 0 bridgehead atoms. The van der Waals surface area contributed by atoms with E-state index in [1.165, 1.54) is 30.3 Å². The number of anilines is 1. The topological polar surface area (TPSA) is 92.8 Å². The predicted octanol–water partition coefficient (Wildman–Crippen LogP) is 4.29. The second kappa shape index (κ2) is 11.6. The van der Waals surface area contributed by atoms with Gasteiger partial charge in [0.25, 0.3) is 0 Å². The summed E-state index contributed by atoms with van der Waals surface area (Å²) < 4.78 is 47.7. The Morgan fingerprint density at radius 1 is 1.31 bits per heavy atom. The Labute approximate surface area is 213 Å². The van der Waals surface area contributed by atoms with Gasteiger partial charge in [0.05, 0.1) is 12.1 Å². The van der Waals surface area contributed by atoms with Crippen LogP contribution in [0.4, 0.5) is 19.0 Å². The Morgan fingerprint density at radius 3 is 2.69 bits per heavy atom. The van der Waals surface area contributed by atoms with Crippen molar-refractivity contribution in [2.24, 2.45) is 0 Å². The highest BCUT2D eigenvalue weighted by molar-refractivity contribution is 5.98. The fraction of sp³-hybridized carbons (Fsp3) is 0.375. The minimum Gasteiger partial charge on any atom is -0.490 e. The molecule has 0 saturated carbocycles. The molecule has 36 heavy (non-hydrogen) atoms. The Bertz CT molecular complexity index is 1140. The molecule has 12 heteroatoms. The number of carbonyl (C=O) groups is 2. The van der Waals surface area contributed by atoms with E-state index in [4.69, 9.17) is 4.74 Å². The van der Waals surface area contributed by atoms with Crippen molar-refractivity contribution in [2.45, 2.75) is 45.8 Å². The number of carbonyl (C=O) groups excluding carboxylic acids is 2. The normalized spacial score (nSPS) is 14.8. The summed E-state index contributed by atoms with van der Waals surface area (Å²) in [5.41, 5.74) is 1.04. The summed E-state index contributed by atoms with van der Waals surface area (Å²) in [4.78, 5) is 30.5. The van der Waals surface area contributed by atoms with E-state index in [-0.39, 0.29) is 43.1 Å². The SMILES string of the molecule is CCOc1c(CN(C)C(=O)C=Cc2cnc3c(c2)CNC(C)(C)C(=O)N3)cccc1OC(F)(F)F.Cl. The number of ether oxygens (including phenoxy) is 2. The standard InChI is InChI=1S/C24H27F3N4O4.ClH/c1-5-34-20-16(7-6-8-18(20)35-24(25,26)27)14-31(4)19(32)10-9-15-11-17-13-29-23(2,3)22(33)30-21(17)28-12-15;/h6-12,29H,5,13-14H2,1-4H3,(H,28,30,33);1H. The second-order valence-electron chi connectivity index (χ2n) is 8.46. The van der Waals surface area contributed by atoms with Crippen molar-refractivity contribution in [3.05, 3.63) is 53.2 Å². The smallest absolute Gasteiger partial charge is 0.490 e. The summed E-state index contributed by atoms with van der Waals surface area (Å²) in [7, 11) is 1.52. The lowest BCUT2D eigenvalue weighted by atomic mass is 10.1. The molecule has 0 aliphatic carbocycles. The van der Waals surface area contributed by atoms with Gasteiger partial charge in [0.1, 0.15) is 5.82 Å². The van der Waals surface area contributed by atoms with Gasteiger partial charge in [-0.3, -0.25) is 14.9 Å². The van der Waals surface area contributed by atoms with Crippen LogP contribution in [-0.2, 0) is 22.7 Å². The van der Waals surface area contributed by atoms with Crippen molar-refractivity contribution in [1.29, 1.82) is 0 Å². The van der Waals surface area contributed by atoms with E-state index in [0.717, 1.165) is 11.6 Å². The third-order valence-electron chi connectivity index (χ3n) is 5.29. The molecular formula is C24H28ClF3N4O4. The van der Waals surface area contributed by atoms with Crippen LogP contribution in [0.1, 0.15) is 37.5 Å². The van der Waals surface area contributed by atoms with E-state index in [9.17, 15) is 22.8 Å². The van der Waals surface area contributed by atoms with Crippen LogP contribution in [-0.4, -0.2) is 47.3 Å². The van der Waals surface area contributed by atoms with Gasteiger partial charge in [-0.05, 0) is 44.5 Å². The van der Waals surface area contributed by atoms with Crippen LogP contribution >= 0.6 is 12.4 Å². The Morgan fingerprint density at radius 2 is 2.03 bits per heavy atom. The molecule has 2 N–H and O–H groups in total. The number of halogens is 4. The van der Waals surface area contributed by atoms with Gasteiger partial charge in [-0.15, -0.1) is 25.6 Å². The molecule has 1 aromatic heterocycles. The quantitative estimate of drug-likeness (QED) is 0.521. The zero-order valence-electron chi connectivity index (χ0n) is 20.2. The molecule has 2 amide bonds. The number of likely N-dealkylation sites (N-methyl/N-ethyl adjacent to an activating group) is 1. The van der Waals surface area contributed by atoms with Gasteiger partial charge >= 0.3 is 6.36 Å². The number of nitrogens with one attached hydrogen (secondary N) is 2. The van der Waals surface area contributed by atoms with E-state index in [0.29, 0.717) is 23.5 Å². The highest BCUT2D eigenvalue weighted by Gasteiger charge is 2.33. The number of benzene rings is 1. The van der Waals surface area contributed by atoms with Crippen molar-refractivity contribution in [3.8, 4) is 11.5 Å². The first-order chi connectivity index (χ1) is 16.4. The van der Waals surface area contributed by atoms with E-state index in [2.05, 4.69) is 20.4 Å². The van der Waals surface area contributed by atoms with Crippen LogP contribution in [0.15, 0.2) is 36.5 Å². The molecule has 0 saturated heterocycles. The van der Waals surface area contributed by atoms with Crippen molar-refractivity contribution in [2.75, 3.05) is 19.0 Å². The number of hydrogen-bond acceptors (Lipinski definition) is 6. The number of hydrogen-bond donors (Lipinski definition) is 2. The van der Waals surface area contributed by atoms with Gasteiger partial charge in [-0.1, -0.05) is 12.1 Å². The van der Waals surface area contributed by atoms with Crippen molar-refractivity contribution < 1.29 is 32.2 Å². The van der Waals surface area contributed by atoms with E-state index >= 15 is 0 Å². The first-order valence-electron chi connectivity index (χ1n) is 10.9. The van der Waals surface area contributed by atoms with Gasteiger partial charge in [0, 0.05) is 43.5 Å². The molecule has 0 unspecified atom stereocenters. The number of fused-ring (bicyclic) bond motifs is 1. The van der Waals surface area contributed by atoms with Gasteiger partial charge in [0.2, 0.25) is 11.8 Å². The fourth-order valence-electron chi connectivity index (χ4n) is 3.35. The molecule has 0 fully saturated rings. The number of para-hydroxylation sites is 1. The van der Waals surface area contributed by atoms with Crippen LogP contribution in [0.2, 0.25) is 0 Å². The highest BCUT2D eigenvalue weighted by Crippen LogP contribution is 2.35. The Balaban J connectivity index is 0.00000456. The van der Waals surface area contributed by atoms with E-state index < -0.39 is 17.7 Å². The molecular weight excluding hydrogens is 501 g/mol. The number of pyridine rings is 1. The minimum atomic E-state index is -4.87. The number of alkyl halides is 3. The van der Waals surface area contributed by atoms with Crippen molar-refractivity contribution >= 4 is 36.1 Å². The Kier molecular flexibility index (Phi) is 9.33. The van der Waals surface area contributed by atoms with E-state index in [1.54, 1.807) is 32.9 Å². The van der Waals surface area contributed by atoms with Crippen LogP contribution in [0, 0.1) is 0 Å². The van der Waals surface area contributed by atoms with Crippen LogP contribution in [0.3, 0.4) is 0 Å². The molecule has 196 valence electrons. The average Bonchev–Trinajstić information content (AvgIpc) is 2.88. The van der Waals surface area contributed by atoms with Gasteiger partial charge in [0.15, 0.2) is 11.5 Å². The first-order valence-corrected chi connectivity index (χ1v) is 10.9. The van der Waals surface area contributed by atoms with Gasteiger partial charge in [-0.25, -0.2) is 4.98 Å². The molecule has 1 aromatic carbocycles. The molecule has 8 nitrogen and oxygen atoms in total. The molecule has 0 spiro atoms. The fourth-order valence-corrected chi connectivity index (χ4v) is 3.35. The number of amides is 2. The number of nitrogens with zero attached hydrogens (tertiary/aromatic N) is 2. The lowest BCUT2D eigenvalue weighted by Gasteiger charge is -2.21. The summed E-state index contributed by atoms with van der Waals surface area (Å²) in [6.07, 6.45) is -0.416. The predicted molar refractivity (Wildman–Crippen MR) is 131 cm³/mol.